The van der Waals surface area contributed by atoms with Crippen LogP contribution in [-0.4, -0.2) is 9.88 Å². The Labute approximate surface area is 144 Å². The molecule has 5 heteroatoms. The lowest BCUT2D eigenvalue weighted by molar-refractivity contribution is 0.209. The Morgan fingerprint density at radius 2 is 1.92 bits per heavy atom. The van der Waals surface area contributed by atoms with Crippen molar-refractivity contribution >= 4 is 22.4 Å². The smallest absolute Gasteiger partial charge is 0.209 e. The van der Waals surface area contributed by atoms with Crippen LogP contribution in [0, 0.1) is 6.92 Å². The highest BCUT2D eigenvalue weighted by atomic mass is 32.1. The fourth-order valence-corrected chi connectivity index (χ4v) is 3.69. The number of benzene rings is 1. The summed E-state index contributed by atoms with van der Waals surface area (Å²) in [4.78, 5) is 9.53. The molecule has 24 heavy (non-hydrogen) atoms. The summed E-state index contributed by atoms with van der Waals surface area (Å²) in [5, 5.41) is 0. The third-order valence-corrected chi connectivity index (χ3v) is 4.82. The van der Waals surface area contributed by atoms with Crippen LogP contribution in [0.5, 0.6) is 0 Å². The standard InChI is InChI=1S/C19H18N2O2S/c1-14-8-9-16(24-14)12-21(11-15-5-4-10-22-15)13-19-20-17-6-2-3-7-18(17)23-19/h2-10H,11-13H2,1H3. The largest absolute Gasteiger partial charge is 0.468 e. The average molecular weight is 338 g/mol. The number of aryl methyl sites for hydroxylation is 1. The van der Waals surface area contributed by atoms with E-state index >= 15 is 0 Å². The summed E-state index contributed by atoms with van der Waals surface area (Å²) < 4.78 is 11.4. The van der Waals surface area contributed by atoms with E-state index in [-0.39, 0.29) is 0 Å². The molecular formula is C19H18N2O2S. The van der Waals surface area contributed by atoms with Crippen LogP contribution in [0.25, 0.3) is 11.1 Å². The first-order valence-corrected chi connectivity index (χ1v) is 8.72. The fraction of sp³-hybridized carbons (Fsp3) is 0.211. The Kier molecular flexibility index (Phi) is 4.19. The number of furan rings is 1. The van der Waals surface area contributed by atoms with E-state index in [2.05, 4.69) is 28.9 Å². The number of hydrogen-bond acceptors (Lipinski definition) is 5. The van der Waals surface area contributed by atoms with Crippen molar-refractivity contribution in [2.24, 2.45) is 0 Å². The van der Waals surface area contributed by atoms with Crippen LogP contribution in [0.15, 0.2) is 63.6 Å². The molecule has 4 rings (SSSR count). The van der Waals surface area contributed by atoms with Gasteiger partial charge in [0, 0.05) is 16.3 Å². The molecule has 0 spiro atoms. The molecule has 0 saturated carbocycles. The van der Waals surface area contributed by atoms with Gasteiger partial charge in [0.2, 0.25) is 5.89 Å². The van der Waals surface area contributed by atoms with Gasteiger partial charge in [0.15, 0.2) is 5.58 Å². The van der Waals surface area contributed by atoms with Crippen LogP contribution in [0.2, 0.25) is 0 Å². The van der Waals surface area contributed by atoms with E-state index in [0.29, 0.717) is 6.54 Å². The topological polar surface area (TPSA) is 42.4 Å². The van der Waals surface area contributed by atoms with Crippen molar-refractivity contribution in [2.75, 3.05) is 0 Å². The van der Waals surface area contributed by atoms with E-state index in [1.54, 1.807) is 6.26 Å². The average Bonchev–Trinajstić information content (AvgIpc) is 3.28. The maximum absolute atomic E-state index is 5.88. The van der Waals surface area contributed by atoms with Crippen LogP contribution in [0.4, 0.5) is 0 Å². The van der Waals surface area contributed by atoms with Crippen molar-refractivity contribution in [1.29, 1.82) is 0 Å². The minimum absolute atomic E-state index is 0.645. The van der Waals surface area contributed by atoms with Crippen LogP contribution in [0.1, 0.15) is 21.4 Å². The van der Waals surface area contributed by atoms with Gasteiger partial charge in [-0.15, -0.1) is 11.3 Å². The molecule has 0 saturated heterocycles. The van der Waals surface area contributed by atoms with Gasteiger partial charge in [-0.25, -0.2) is 4.98 Å². The summed E-state index contributed by atoms with van der Waals surface area (Å²) in [6, 6.07) is 16.1. The van der Waals surface area contributed by atoms with Crippen molar-refractivity contribution in [3.05, 3.63) is 76.2 Å². The lowest BCUT2D eigenvalue weighted by Gasteiger charge is -2.18. The van der Waals surface area contributed by atoms with Gasteiger partial charge in [-0.1, -0.05) is 12.1 Å². The Morgan fingerprint density at radius 1 is 1.00 bits per heavy atom. The zero-order chi connectivity index (χ0) is 16.4. The lowest BCUT2D eigenvalue weighted by Crippen LogP contribution is -2.21. The van der Waals surface area contributed by atoms with E-state index in [4.69, 9.17) is 8.83 Å². The molecule has 122 valence electrons. The van der Waals surface area contributed by atoms with E-state index in [0.717, 1.165) is 35.8 Å². The molecule has 0 unspecified atom stereocenters. The predicted molar refractivity (Wildman–Crippen MR) is 94.7 cm³/mol. The number of oxazole rings is 1. The second-order valence-corrected chi connectivity index (χ2v) is 7.18. The molecule has 0 aliphatic heterocycles. The summed E-state index contributed by atoms with van der Waals surface area (Å²) in [6.45, 7) is 4.35. The molecule has 0 aliphatic rings. The minimum Gasteiger partial charge on any atom is -0.468 e. The molecule has 3 aromatic heterocycles. The number of nitrogens with zero attached hydrogens (tertiary/aromatic N) is 2. The zero-order valence-corrected chi connectivity index (χ0v) is 14.3. The number of para-hydroxylation sites is 2. The Balaban J connectivity index is 1.56. The lowest BCUT2D eigenvalue weighted by atomic mass is 10.3. The molecule has 0 radical (unpaired) electrons. The molecule has 3 heterocycles. The monoisotopic (exact) mass is 338 g/mol. The molecule has 0 amide bonds. The summed E-state index contributed by atoms with van der Waals surface area (Å²) in [7, 11) is 0. The van der Waals surface area contributed by atoms with Gasteiger partial charge < -0.3 is 8.83 Å². The van der Waals surface area contributed by atoms with Crippen molar-refractivity contribution in [3.63, 3.8) is 0 Å². The van der Waals surface area contributed by atoms with Gasteiger partial charge in [0.1, 0.15) is 11.3 Å². The highest BCUT2D eigenvalue weighted by Gasteiger charge is 2.14. The number of rotatable bonds is 6. The SMILES string of the molecule is Cc1ccc(CN(Cc2ccco2)Cc2nc3ccccc3o2)s1. The van der Waals surface area contributed by atoms with Crippen LogP contribution >= 0.6 is 11.3 Å². The van der Waals surface area contributed by atoms with Gasteiger partial charge in [-0.3, -0.25) is 4.90 Å². The Hall–Kier alpha value is -2.37. The highest BCUT2D eigenvalue weighted by Crippen LogP contribution is 2.21. The van der Waals surface area contributed by atoms with Crippen LogP contribution in [-0.2, 0) is 19.6 Å². The molecule has 4 aromatic rings. The molecule has 0 fully saturated rings. The van der Waals surface area contributed by atoms with Gasteiger partial charge in [0.05, 0.1) is 19.4 Å². The summed E-state index contributed by atoms with van der Waals surface area (Å²) in [6.07, 6.45) is 1.71. The molecule has 0 aliphatic carbocycles. The molecule has 0 bridgehead atoms. The van der Waals surface area contributed by atoms with Gasteiger partial charge in [-0.2, -0.15) is 0 Å². The molecule has 1 aromatic carbocycles. The van der Waals surface area contributed by atoms with Crippen LogP contribution < -0.4 is 0 Å². The van der Waals surface area contributed by atoms with Crippen LogP contribution in [0.3, 0.4) is 0 Å². The summed E-state index contributed by atoms with van der Waals surface area (Å²) in [5.41, 5.74) is 1.73. The van der Waals surface area contributed by atoms with Gasteiger partial charge >= 0.3 is 0 Å². The highest BCUT2D eigenvalue weighted by molar-refractivity contribution is 7.11. The van der Waals surface area contributed by atoms with E-state index in [1.807, 2.05) is 47.7 Å². The Bertz CT molecular complexity index is 891. The van der Waals surface area contributed by atoms with E-state index < -0.39 is 0 Å². The van der Waals surface area contributed by atoms with Crippen molar-refractivity contribution in [1.82, 2.24) is 9.88 Å². The molecule has 0 N–H and O–H groups in total. The Morgan fingerprint density at radius 3 is 2.67 bits per heavy atom. The van der Waals surface area contributed by atoms with Crippen molar-refractivity contribution < 1.29 is 8.83 Å². The maximum Gasteiger partial charge on any atom is 0.209 e. The first-order chi connectivity index (χ1) is 11.8. The summed E-state index contributed by atoms with van der Waals surface area (Å²) >= 11 is 1.82. The third kappa shape index (κ3) is 3.42. The molecule has 4 nitrogen and oxygen atoms in total. The fourth-order valence-electron chi connectivity index (χ4n) is 2.76. The first-order valence-electron chi connectivity index (χ1n) is 7.91. The second-order valence-electron chi connectivity index (χ2n) is 5.81. The van der Waals surface area contributed by atoms with E-state index in [9.17, 15) is 0 Å². The van der Waals surface area contributed by atoms with Crippen molar-refractivity contribution in [3.8, 4) is 0 Å². The first kappa shape index (κ1) is 15.2. The maximum atomic E-state index is 5.88. The third-order valence-electron chi connectivity index (χ3n) is 3.83. The molecule has 0 atom stereocenters. The number of aromatic nitrogens is 1. The van der Waals surface area contributed by atoms with Gasteiger partial charge in [-0.05, 0) is 43.3 Å². The number of thiophene rings is 1. The predicted octanol–water partition coefficient (Wildman–Crippen LogP) is 4.99. The zero-order valence-electron chi connectivity index (χ0n) is 13.4. The quantitative estimate of drug-likeness (QED) is 0.496. The van der Waals surface area contributed by atoms with E-state index in [1.165, 1.54) is 9.75 Å². The second kappa shape index (κ2) is 6.63. The normalized spacial score (nSPS) is 11.6. The number of fused-ring (bicyclic) bond motifs is 1. The molecular weight excluding hydrogens is 320 g/mol. The number of hydrogen-bond donors (Lipinski definition) is 0. The minimum atomic E-state index is 0.645. The van der Waals surface area contributed by atoms with Gasteiger partial charge in [0.25, 0.3) is 0 Å². The summed E-state index contributed by atoms with van der Waals surface area (Å²) in [5.74, 6) is 1.68. The van der Waals surface area contributed by atoms with Crippen molar-refractivity contribution in [2.45, 2.75) is 26.6 Å².